The highest BCUT2D eigenvalue weighted by molar-refractivity contribution is 4.75. The van der Waals surface area contributed by atoms with Crippen molar-refractivity contribution in [1.29, 1.82) is 0 Å². The molecule has 0 aromatic heterocycles. The van der Waals surface area contributed by atoms with Gasteiger partial charge in [0, 0.05) is 0 Å². The van der Waals surface area contributed by atoms with Crippen LogP contribution in [0, 0.1) is 5.41 Å². The van der Waals surface area contributed by atoms with E-state index in [1.807, 2.05) is 0 Å². The first-order chi connectivity index (χ1) is 19.7. The van der Waals surface area contributed by atoms with Gasteiger partial charge in [0.15, 0.2) is 0 Å². The molecular weight excluding hydrogens is 480 g/mol. The normalized spacial score (nSPS) is 13.2. The average Bonchev–Trinajstić information content (AvgIpc) is 2.96. The zero-order chi connectivity index (χ0) is 29.2. The molecule has 0 amide bonds. The summed E-state index contributed by atoms with van der Waals surface area (Å²) in [4.78, 5) is 0. The van der Waals surface area contributed by atoms with Crippen LogP contribution >= 0.6 is 0 Å². The van der Waals surface area contributed by atoms with Crippen LogP contribution in [0.3, 0.4) is 0 Å². The Morgan fingerprint density at radius 3 is 0.550 bits per heavy atom. The van der Waals surface area contributed by atoms with Crippen LogP contribution in [0.2, 0.25) is 0 Å². The quantitative estimate of drug-likeness (QED) is 0.0674. The number of hydrogen-bond acceptors (Lipinski definition) is 0. The molecule has 0 aliphatic carbocycles. The summed E-state index contributed by atoms with van der Waals surface area (Å²) >= 11 is 0. The minimum absolute atomic E-state index is 0.626. The van der Waals surface area contributed by atoms with Crippen molar-refractivity contribution in [3.8, 4) is 0 Å². The first-order valence-electron chi connectivity index (χ1n) is 19.7. The molecule has 0 saturated carbocycles. The standard InChI is InChI=1S/C40H82/c1-5-8-11-14-17-19-21-22-23-24-25-26-28-30-33-36-39-40(4,37-34-31-16-13-10-7-3)38-35-32-29-27-20-18-15-12-9-6-2/h5-39H2,1-4H3. The summed E-state index contributed by atoms with van der Waals surface area (Å²) in [6.07, 6.45) is 51.5. The maximum Gasteiger partial charge on any atom is -0.0326 e. The average molecular weight is 563 g/mol. The van der Waals surface area contributed by atoms with Gasteiger partial charge in [-0.05, 0) is 24.7 Å². The van der Waals surface area contributed by atoms with Crippen molar-refractivity contribution in [2.75, 3.05) is 0 Å². The minimum atomic E-state index is 0.626. The van der Waals surface area contributed by atoms with Crippen molar-refractivity contribution in [3.63, 3.8) is 0 Å². The van der Waals surface area contributed by atoms with Crippen molar-refractivity contribution in [3.05, 3.63) is 0 Å². The van der Waals surface area contributed by atoms with E-state index in [-0.39, 0.29) is 0 Å². The first kappa shape index (κ1) is 40.0. The second-order valence-corrected chi connectivity index (χ2v) is 14.3. The lowest BCUT2D eigenvalue weighted by Gasteiger charge is -2.30. The van der Waals surface area contributed by atoms with Gasteiger partial charge in [-0.3, -0.25) is 0 Å². The second kappa shape index (κ2) is 33.5. The van der Waals surface area contributed by atoms with Crippen LogP contribution in [0.25, 0.3) is 0 Å². The van der Waals surface area contributed by atoms with E-state index in [9.17, 15) is 0 Å². The molecule has 0 aliphatic rings. The molecule has 0 radical (unpaired) electrons. The Bertz CT molecular complexity index is 439. The maximum absolute atomic E-state index is 2.66. The smallest absolute Gasteiger partial charge is 0.0326 e. The van der Waals surface area contributed by atoms with Crippen LogP contribution in [0.5, 0.6) is 0 Å². The molecule has 0 aromatic carbocycles. The zero-order valence-corrected chi connectivity index (χ0v) is 29.2. The molecule has 0 aliphatic heterocycles. The van der Waals surface area contributed by atoms with Gasteiger partial charge >= 0.3 is 0 Å². The van der Waals surface area contributed by atoms with Crippen molar-refractivity contribution in [2.45, 2.75) is 252 Å². The van der Waals surface area contributed by atoms with Crippen LogP contribution < -0.4 is 0 Å². The molecule has 242 valence electrons. The molecule has 0 heterocycles. The molecular formula is C40H82. The van der Waals surface area contributed by atoms with Crippen LogP contribution in [0.15, 0.2) is 0 Å². The van der Waals surface area contributed by atoms with E-state index in [4.69, 9.17) is 0 Å². The maximum atomic E-state index is 2.66. The van der Waals surface area contributed by atoms with Gasteiger partial charge in [0.2, 0.25) is 0 Å². The molecule has 0 nitrogen and oxygen atoms in total. The Morgan fingerprint density at radius 2 is 0.375 bits per heavy atom. The summed E-state index contributed by atoms with van der Waals surface area (Å²) in [5, 5.41) is 0. The monoisotopic (exact) mass is 563 g/mol. The lowest BCUT2D eigenvalue weighted by Crippen LogP contribution is -2.16. The number of rotatable bonds is 35. The molecule has 0 fully saturated rings. The van der Waals surface area contributed by atoms with Gasteiger partial charge in [0.1, 0.15) is 0 Å². The highest BCUT2D eigenvalue weighted by atomic mass is 14.3. The van der Waals surface area contributed by atoms with Crippen molar-refractivity contribution < 1.29 is 0 Å². The first-order valence-corrected chi connectivity index (χ1v) is 19.7. The summed E-state index contributed by atoms with van der Waals surface area (Å²) < 4.78 is 0. The van der Waals surface area contributed by atoms with Gasteiger partial charge in [0.05, 0.1) is 0 Å². The van der Waals surface area contributed by atoms with E-state index in [1.165, 1.54) is 225 Å². The minimum Gasteiger partial charge on any atom is -0.0654 e. The Hall–Kier alpha value is 0. The van der Waals surface area contributed by atoms with Gasteiger partial charge in [-0.25, -0.2) is 0 Å². The van der Waals surface area contributed by atoms with Gasteiger partial charge < -0.3 is 0 Å². The van der Waals surface area contributed by atoms with Gasteiger partial charge in [0.25, 0.3) is 0 Å². The van der Waals surface area contributed by atoms with Crippen molar-refractivity contribution in [1.82, 2.24) is 0 Å². The Morgan fingerprint density at radius 1 is 0.225 bits per heavy atom. The Kier molecular flexibility index (Phi) is 33.5. The lowest BCUT2D eigenvalue weighted by molar-refractivity contribution is 0.222. The Labute approximate surface area is 257 Å². The molecule has 0 spiro atoms. The van der Waals surface area contributed by atoms with Crippen LogP contribution in [-0.4, -0.2) is 0 Å². The second-order valence-electron chi connectivity index (χ2n) is 14.3. The van der Waals surface area contributed by atoms with E-state index in [0.717, 1.165) is 0 Å². The van der Waals surface area contributed by atoms with E-state index < -0.39 is 0 Å². The highest BCUT2D eigenvalue weighted by Crippen LogP contribution is 2.37. The topological polar surface area (TPSA) is 0 Å². The molecule has 0 bridgehead atoms. The van der Waals surface area contributed by atoms with E-state index in [1.54, 1.807) is 0 Å². The van der Waals surface area contributed by atoms with Crippen LogP contribution in [-0.2, 0) is 0 Å². The predicted octanol–water partition coefficient (Wildman–Crippen LogP) is 15.7. The fourth-order valence-corrected chi connectivity index (χ4v) is 6.85. The summed E-state index contributed by atoms with van der Waals surface area (Å²) in [5.41, 5.74) is 0.626. The molecule has 0 aromatic rings. The third-order valence-electron chi connectivity index (χ3n) is 9.90. The summed E-state index contributed by atoms with van der Waals surface area (Å²) in [7, 11) is 0. The molecule has 0 N–H and O–H groups in total. The largest absolute Gasteiger partial charge is 0.0654 e. The molecule has 0 heteroatoms. The molecule has 1 unspecified atom stereocenters. The van der Waals surface area contributed by atoms with Crippen molar-refractivity contribution in [2.24, 2.45) is 5.41 Å². The highest BCUT2D eigenvalue weighted by Gasteiger charge is 2.22. The van der Waals surface area contributed by atoms with Crippen LogP contribution in [0.4, 0.5) is 0 Å². The van der Waals surface area contributed by atoms with Gasteiger partial charge in [-0.15, -0.1) is 0 Å². The van der Waals surface area contributed by atoms with E-state index >= 15 is 0 Å². The Balaban J connectivity index is 3.88. The summed E-state index contributed by atoms with van der Waals surface area (Å²) in [6, 6.07) is 0. The molecule has 0 saturated heterocycles. The molecule has 40 heavy (non-hydrogen) atoms. The van der Waals surface area contributed by atoms with Gasteiger partial charge in [-0.2, -0.15) is 0 Å². The third-order valence-corrected chi connectivity index (χ3v) is 9.90. The lowest BCUT2D eigenvalue weighted by atomic mass is 9.75. The fraction of sp³-hybridized carbons (Fsp3) is 1.00. The SMILES string of the molecule is CCCCCCCCCCCCCCCCCCC(C)(CCCCCCCC)CCCCCCCCCCCC. The zero-order valence-electron chi connectivity index (χ0n) is 29.2. The molecule has 1 atom stereocenters. The van der Waals surface area contributed by atoms with Gasteiger partial charge in [-0.1, -0.05) is 233 Å². The summed E-state index contributed by atoms with van der Waals surface area (Å²) in [5.74, 6) is 0. The fourth-order valence-electron chi connectivity index (χ4n) is 6.85. The van der Waals surface area contributed by atoms with Crippen molar-refractivity contribution >= 4 is 0 Å². The van der Waals surface area contributed by atoms with E-state index in [0.29, 0.717) is 5.41 Å². The van der Waals surface area contributed by atoms with Crippen LogP contribution in [0.1, 0.15) is 252 Å². The number of hydrogen-bond donors (Lipinski definition) is 0. The molecule has 0 rings (SSSR count). The summed E-state index contributed by atoms with van der Waals surface area (Å²) in [6.45, 7) is 9.63. The third kappa shape index (κ3) is 30.9. The predicted molar refractivity (Wildman–Crippen MR) is 187 cm³/mol. The number of unbranched alkanes of at least 4 members (excludes halogenated alkanes) is 29. The van der Waals surface area contributed by atoms with E-state index in [2.05, 4.69) is 27.7 Å².